The number of likely N-dealkylation sites (tertiary alicyclic amines) is 1. The fourth-order valence-corrected chi connectivity index (χ4v) is 2.30. The van der Waals surface area contributed by atoms with E-state index in [1.54, 1.807) is 4.90 Å². The average molecular weight is 242 g/mol. The SMILES string of the molecule is CCC1CCN(C(=O)CN(C)C)C(C(=O)O)C1. The molecule has 1 aliphatic heterocycles. The zero-order chi connectivity index (χ0) is 13.0. The lowest BCUT2D eigenvalue weighted by Crippen LogP contribution is -2.52. The predicted octanol–water partition coefficient (Wildman–Crippen LogP) is 0.650. The summed E-state index contributed by atoms with van der Waals surface area (Å²) in [5.74, 6) is -0.535. The first-order chi connectivity index (χ1) is 7.95. The Hall–Kier alpha value is -1.10. The Morgan fingerprint density at radius 3 is 2.53 bits per heavy atom. The van der Waals surface area contributed by atoms with Gasteiger partial charge in [0.1, 0.15) is 6.04 Å². The van der Waals surface area contributed by atoms with Gasteiger partial charge in [0.15, 0.2) is 0 Å². The molecule has 1 heterocycles. The van der Waals surface area contributed by atoms with E-state index in [9.17, 15) is 14.7 Å². The summed E-state index contributed by atoms with van der Waals surface area (Å²) in [6.45, 7) is 2.92. The Kier molecular flexibility index (Phi) is 4.93. The molecular formula is C12H22N2O3. The van der Waals surface area contributed by atoms with E-state index in [2.05, 4.69) is 6.92 Å². The molecule has 1 amide bonds. The molecule has 5 nitrogen and oxygen atoms in total. The number of carbonyl (C=O) groups excluding carboxylic acids is 1. The van der Waals surface area contributed by atoms with Crippen molar-refractivity contribution >= 4 is 11.9 Å². The minimum atomic E-state index is -0.879. The summed E-state index contributed by atoms with van der Waals surface area (Å²) in [7, 11) is 3.62. The maximum absolute atomic E-state index is 11.9. The van der Waals surface area contributed by atoms with Gasteiger partial charge >= 0.3 is 5.97 Å². The number of rotatable bonds is 4. The first-order valence-corrected chi connectivity index (χ1v) is 6.12. The van der Waals surface area contributed by atoms with Crippen LogP contribution in [0.2, 0.25) is 0 Å². The van der Waals surface area contributed by atoms with Crippen molar-refractivity contribution in [1.29, 1.82) is 0 Å². The van der Waals surface area contributed by atoms with Crippen LogP contribution in [-0.4, -0.2) is 60.0 Å². The van der Waals surface area contributed by atoms with E-state index in [1.807, 2.05) is 14.1 Å². The number of aliphatic carboxylic acids is 1. The van der Waals surface area contributed by atoms with Gasteiger partial charge in [-0.2, -0.15) is 0 Å². The van der Waals surface area contributed by atoms with Gasteiger partial charge in [-0.1, -0.05) is 13.3 Å². The van der Waals surface area contributed by atoms with Crippen LogP contribution in [0.4, 0.5) is 0 Å². The number of likely N-dealkylation sites (N-methyl/N-ethyl adjacent to an activating group) is 1. The first kappa shape index (κ1) is 14.0. The number of amides is 1. The first-order valence-electron chi connectivity index (χ1n) is 6.12. The Balaban J connectivity index is 2.69. The van der Waals surface area contributed by atoms with E-state index in [0.29, 0.717) is 18.9 Å². The molecule has 0 radical (unpaired) electrons. The van der Waals surface area contributed by atoms with Gasteiger partial charge < -0.3 is 14.9 Å². The Labute approximate surface area is 102 Å². The van der Waals surface area contributed by atoms with E-state index in [0.717, 1.165) is 12.8 Å². The van der Waals surface area contributed by atoms with Crippen molar-refractivity contribution in [3.05, 3.63) is 0 Å². The zero-order valence-electron chi connectivity index (χ0n) is 10.8. The maximum atomic E-state index is 11.9. The van der Waals surface area contributed by atoms with Gasteiger partial charge in [0.25, 0.3) is 0 Å². The minimum absolute atomic E-state index is 0.0862. The number of hydrogen-bond donors (Lipinski definition) is 1. The molecule has 0 aromatic carbocycles. The maximum Gasteiger partial charge on any atom is 0.326 e. The Bertz CT molecular complexity index is 291. The van der Waals surface area contributed by atoms with Crippen LogP contribution in [0.5, 0.6) is 0 Å². The van der Waals surface area contributed by atoms with E-state index in [1.165, 1.54) is 4.90 Å². The molecule has 0 aromatic rings. The molecule has 1 fully saturated rings. The highest BCUT2D eigenvalue weighted by atomic mass is 16.4. The van der Waals surface area contributed by atoms with Crippen LogP contribution in [0.3, 0.4) is 0 Å². The molecule has 0 aliphatic carbocycles. The van der Waals surface area contributed by atoms with Crippen molar-refractivity contribution in [3.8, 4) is 0 Å². The van der Waals surface area contributed by atoms with Crippen LogP contribution >= 0.6 is 0 Å². The number of carboxylic acid groups (broad SMARTS) is 1. The Morgan fingerprint density at radius 2 is 2.06 bits per heavy atom. The van der Waals surface area contributed by atoms with Crippen LogP contribution in [0.25, 0.3) is 0 Å². The molecular weight excluding hydrogens is 220 g/mol. The molecule has 1 rings (SSSR count). The third-order valence-electron chi connectivity index (χ3n) is 3.35. The van der Waals surface area contributed by atoms with Gasteiger partial charge in [0.05, 0.1) is 6.54 Å². The van der Waals surface area contributed by atoms with Crippen LogP contribution in [0, 0.1) is 5.92 Å². The lowest BCUT2D eigenvalue weighted by Gasteiger charge is -2.37. The number of piperidine rings is 1. The highest BCUT2D eigenvalue weighted by Crippen LogP contribution is 2.25. The normalized spacial score (nSPS) is 25.1. The van der Waals surface area contributed by atoms with E-state index < -0.39 is 12.0 Å². The van der Waals surface area contributed by atoms with Crippen molar-refractivity contribution in [3.63, 3.8) is 0 Å². The topological polar surface area (TPSA) is 60.9 Å². The van der Waals surface area contributed by atoms with E-state index in [4.69, 9.17) is 0 Å². The molecule has 2 unspecified atom stereocenters. The second-order valence-corrected chi connectivity index (χ2v) is 4.98. The lowest BCUT2D eigenvalue weighted by atomic mass is 9.89. The van der Waals surface area contributed by atoms with E-state index >= 15 is 0 Å². The van der Waals surface area contributed by atoms with E-state index in [-0.39, 0.29) is 12.5 Å². The van der Waals surface area contributed by atoms with Crippen molar-refractivity contribution in [2.75, 3.05) is 27.2 Å². The van der Waals surface area contributed by atoms with Gasteiger partial charge in [-0.05, 0) is 32.9 Å². The quantitative estimate of drug-likeness (QED) is 0.786. The number of nitrogens with zero attached hydrogens (tertiary/aromatic N) is 2. The summed E-state index contributed by atoms with van der Waals surface area (Å²) in [5.41, 5.74) is 0. The molecule has 1 aliphatic rings. The summed E-state index contributed by atoms with van der Waals surface area (Å²) in [6.07, 6.45) is 2.49. The molecule has 1 saturated heterocycles. The predicted molar refractivity (Wildman–Crippen MR) is 64.7 cm³/mol. The smallest absolute Gasteiger partial charge is 0.326 e. The summed E-state index contributed by atoms with van der Waals surface area (Å²) >= 11 is 0. The molecule has 0 bridgehead atoms. The molecule has 98 valence electrons. The van der Waals surface area contributed by atoms with Crippen LogP contribution in [-0.2, 0) is 9.59 Å². The minimum Gasteiger partial charge on any atom is -0.480 e. The third kappa shape index (κ3) is 3.70. The molecule has 0 spiro atoms. The molecule has 1 N–H and O–H groups in total. The van der Waals surface area contributed by atoms with Crippen molar-refractivity contribution in [2.24, 2.45) is 5.92 Å². The molecule has 0 saturated carbocycles. The fourth-order valence-electron chi connectivity index (χ4n) is 2.30. The third-order valence-corrected chi connectivity index (χ3v) is 3.35. The molecule has 17 heavy (non-hydrogen) atoms. The standard InChI is InChI=1S/C12H22N2O3/c1-4-9-5-6-14(10(7-9)12(16)17)11(15)8-13(2)3/h9-10H,4-8H2,1-3H3,(H,16,17). The summed E-state index contributed by atoms with van der Waals surface area (Å²) in [5, 5.41) is 9.20. The van der Waals surface area contributed by atoms with Crippen LogP contribution in [0.15, 0.2) is 0 Å². The largest absolute Gasteiger partial charge is 0.480 e. The molecule has 0 aromatic heterocycles. The van der Waals surface area contributed by atoms with Crippen molar-refractivity contribution in [2.45, 2.75) is 32.2 Å². The monoisotopic (exact) mass is 242 g/mol. The van der Waals surface area contributed by atoms with Gasteiger partial charge in [-0.15, -0.1) is 0 Å². The number of carbonyl (C=O) groups is 2. The van der Waals surface area contributed by atoms with Crippen LogP contribution < -0.4 is 0 Å². The summed E-state index contributed by atoms with van der Waals surface area (Å²) in [6, 6.07) is -0.638. The summed E-state index contributed by atoms with van der Waals surface area (Å²) < 4.78 is 0. The number of hydrogen-bond acceptors (Lipinski definition) is 3. The highest BCUT2D eigenvalue weighted by molar-refractivity contribution is 5.85. The lowest BCUT2D eigenvalue weighted by molar-refractivity contribution is -0.153. The molecule has 5 heteroatoms. The second-order valence-electron chi connectivity index (χ2n) is 4.98. The highest BCUT2D eigenvalue weighted by Gasteiger charge is 2.35. The second kappa shape index (κ2) is 6.00. The van der Waals surface area contributed by atoms with Gasteiger partial charge in [-0.25, -0.2) is 4.79 Å². The summed E-state index contributed by atoms with van der Waals surface area (Å²) in [4.78, 5) is 26.4. The van der Waals surface area contributed by atoms with Crippen LogP contribution in [0.1, 0.15) is 26.2 Å². The molecule has 2 atom stereocenters. The van der Waals surface area contributed by atoms with Gasteiger partial charge in [-0.3, -0.25) is 4.79 Å². The van der Waals surface area contributed by atoms with Gasteiger partial charge in [0, 0.05) is 6.54 Å². The Morgan fingerprint density at radius 1 is 1.41 bits per heavy atom. The van der Waals surface area contributed by atoms with Crippen molar-refractivity contribution in [1.82, 2.24) is 9.80 Å². The fraction of sp³-hybridized carbons (Fsp3) is 0.833. The zero-order valence-corrected chi connectivity index (χ0v) is 10.8. The van der Waals surface area contributed by atoms with Gasteiger partial charge in [0.2, 0.25) is 5.91 Å². The van der Waals surface area contributed by atoms with Crippen molar-refractivity contribution < 1.29 is 14.7 Å². The number of carboxylic acids is 1. The average Bonchev–Trinajstić information content (AvgIpc) is 2.27.